The van der Waals surface area contributed by atoms with Crippen LogP contribution in [0.4, 0.5) is 0 Å². The highest BCUT2D eigenvalue weighted by molar-refractivity contribution is 7.89. The largest absolute Gasteiger partial charge is 0.325 e. The van der Waals surface area contributed by atoms with Crippen molar-refractivity contribution in [2.45, 2.75) is 30.7 Å². The summed E-state index contributed by atoms with van der Waals surface area (Å²) in [7, 11) is -3.77. The van der Waals surface area contributed by atoms with Crippen molar-refractivity contribution in [3.05, 3.63) is 24.3 Å². The van der Waals surface area contributed by atoms with E-state index < -0.39 is 15.7 Å². The van der Waals surface area contributed by atoms with Gasteiger partial charge in [0.2, 0.25) is 4.34 Å². The summed E-state index contributed by atoms with van der Waals surface area (Å²) in [5, 5.41) is 0. The lowest BCUT2D eigenvalue weighted by molar-refractivity contribution is 0.139. The molecule has 0 fully saturated rings. The molecule has 6 heteroatoms. The fraction of sp³-hybridized carbons (Fsp3) is 0.364. The lowest BCUT2D eigenvalue weighted by Gasteiger charge is -2.17. The third-order valence-electron chi connectivity index (χ3n) is 1.85. The summed E-state index contributed by atoms with van der Waals surface area (Å²) in [6.45, 7) is 5.08. The molecule has 1 aromatic heterocycles. The SMILES string of the molecule is CC(C)(C)OS(=O)(=O)c1nc2ccccc2s1. The van der Waals surface area contributed by atoms with Gasteiger partial charge in [-0.05, 0) is 32.9 Å². The molecular weight excluding hydrogens is 258 g/mol. The summed E-state index contributed by atoms with van der Waals surface area (Å²) in [5.41, 5.74) is -0.0787. The molecule has 1 heterocycles. The van der Waals surface area contributed by atoms with E-state index in [1.165, 1.54) is 0 Å². The first-order chi connectivity index (χ1) is 7.78. The highest BCUT2D eigenvalue weighted by Crippen LogP contribution is 2.28. The van der Waals surface area contributed by atoms with Gasteiger partial charge >= 0.3 is 10.1 Å². The highest BCUT2D eigenvalue weighted by Gasteiger charge is 2.27. The Kier molecular flexibility index (Phi) is 2.97. The Morgan fingerprint density at radius 1 is 1.24 bits per heavy atom. The molecule has 0 N–H and O–H groups in total. The van der Waals surface area contributed by atoms with Gasteiger partial charge in [-0.2, -0.15) is 8.42 Å². The molecule has 0 aliphatic rings. The number of aromatic nitrogens is 1. The van der Waals surface area contributed by atoms with Gasteiger partial charge < -0.3 is 0 Å². The van der Waals surface area contributed by atoms with Crippen LogP contribution in [0.3, 0.4) is 0 Å². The lowest BCUT2D eigenvalue weighted by atomic mass is 10.2. The van der Waals surface area contributed by atoms with E-state index in [2.05, 4.69) is 4.98 Å². The number of para-hydroxylation sites is 1. The summed E-state index contributed by atoms with van der Waals surface area (Å²) in [6, 6.07) is 7.29. The van der Waals surface area contributed by atoms with Gasteiger partial charge in [-0.3, -0.25) is 4.18 Å². The van der Waals surface area contributed by atoms with Gasteiger partial charge in [0.25, 0.3) is 0 Å². The van der Waals surface area contributed by atoms with Crippen LogP contribution in [-0.4, -0.2) is 19.0 Å². The Bertz CT molecular complexity index is 605. The van der Waals surface area contributed by atoms with E-state index in [0.717, 1.165) is 16.0 Å². The van der Waals surface area contributed by atoms with Gasteiger partial charge in [-0.15, -0.1) is 11.3 Å². The molecule has 0 saturated heterocycles. The highest BCUT2D eigenvalue weighted by atomic mass is 32.3. The number of hydrogen-bond donors (Lipinski definition) is 0. The van der Waals surface area contributed by atoms with Crippen LogP contribution in [0.25, 0.3) is 10.2 Å². The van der Waals surface area contributed by atoms with Crippen LogP contribution in [0, 0.1) is 0 Å². The first kappa shape index (κ1) is 12.5. The Hall–Kier alpha value is -0.980. The maximum absolute atomic E-state index is 11.9. The number of rotatable bonds is 2. The van der Waals surface area contributed by atoms with Gasteiger partial charge in [-0.25, -0.2) is 4.98 Å². The van der Waals surface area contributed by atoms with E-state index in [0.29, 0.717) is 5.52 Å². The van der Waals surface area contributed by atoms with Gasteiger partial charge in [-0.1, -0.05) is 12.1 Å². The average Bonchev–Trinajstić information content (AvgIpc) is 2.57. The van der Waals surface area contributed by atoms with Crippen molar-refractivity contribution in [3.8, 4) is 0 Å². The molecule has 92 valence electrons. The smallest absolute Gasteiger partial charge is 0.259 e. The van der Waals surface area contributed by atoms with Crippen molar-refractivity contribution in [3.63, 3.8) is 0 Å². The fourth-order valence-corrected chi connectivity index (χ4v) is 3.74. The predicted octanol–water partition coefficient (Wildman–Crippen LogP) is 2.80. The molecule has 0 saturated carbocycles. The molecule has 0 spiro atoms. The van der Waals surface area contributed by atoms with E-state index in [1.54, 1.807) is 26.8 Å². The Morgan fingerprint density at radius 3 is 2.47 bits per heavy atom. The molecule has 4 nitrogen and oxygen atoms in total. The third-order valence-corrected chi connectivity index (χ3v) is 4.78. The van der Waals surface area contributed by atoms with E-state index in [-0.39, 0.29) is 4.34 Å². The first-order valence-corrected chi connectivity index (χ1v) is 7.32. The second kappa shape index (κ2) is 4.04. The summed E-state index contributed by atoms with van der Waals surface area (Å²) < 4.78 is 29.8. The van der Waals surface area contributed by atoms with Crippen molar-refractivity contribution in [1.82, 2.24) is 4.98 Å². The van der Waals surface area contributed by atoms with Crippen molar-refractivity contribution in [1.29, 1.82) is 0 Å². The molecule has 17 heavy (non-hydrogen) atoms. The van der Waals surface area contributed by atoms with Crippen LogP contribution in [-0.2, 0) is 14.3 Å². The van der Waals surface area contributed by atoms with Gasteiger partial charge in [0.1, 0.15) is 0 Å². The van der Waals surface area contributed by atoms with Gasteiger partial charge in [0.15, 0.2) is 0 Å². The fourth-order valence-electron chi connectivity index (χ4n) is 1.32. The van der Waals surface area contributed by atoms with E-state index >= 15 is 0 Å². The maximum atomic E-state index is 11.9. The standard InChI is InChI=1S/C11H13NO3S2/c1-11(2,3)15-17(13,14)10-12-8-6-4-5-7-9(8)16-10/h4-7H,1-3H3. The van der Waals surface area contributed by atoms with Crippen molar-refractivity contribution in [2.75, 3.05) is 0 Å². The van der Waals surface area contributed by atoms with E-state index in [4.69, 9.17) is 4.18 Å². The van der Waals surface area contributed by atoms with Crippen LogP contribution in [0.15, 0.2) is 28.6 Å². The Labute approximate surface area is 104 Å². The zero-order valence-corrected chi connectivity index (χ0v) is 11.4. The topological polar surface area (TPSA) is 56.3 Å². The Balaban J connectivity index is 2.46. The number of nitrogens with zero attached hydrogens (tertiary/aromatic N) is 1. The number of benzene rings is 1. The minimum atomic E-state index is -3.77. The molecule has 0 aliphatic heterocycles. The average molecular weight is 271 g/mol. The van der Waals surface area contributed by atoms with Gasteiger partial charge in [0, 0.05) is 0 Å². The monoisotopic (exact) mass is 271 g/mol. The Morgan fingerprint density at radius 2 is 1.88 bits per heavy atom. The number of hydrogen-bond acceptors (Lipinski definition) is 5. The predicted molar refractivity (Wildman–Crippen MR) is 67.6 cm³/mol. The van der Waals surface area contributed by atoms with Crippen molar-refractivity contribution >= 4 is 31.7 Å². The molecule has 0 unspecified atom stereocenters. The first-order valence-electron chi connectivity index (χ1n) is 5.09. The number of fused-ring (bicyclic) bond motifs is 1. The van der Waals surface area contributed by atoms with Crippen molar-refractivity contribution < 1.29 is 12.6 Å². The molecule has 0 amide bonds. The summed E-state index contributed by atoms with van der Waals surface area (Å²) >= 11 is 1.12. The molecule has 2 aromatic rings. The maximum Gasteiger partial charge on any atom is 0.325 e. The molecule has 2 rings (SSSR count). The zero-order chi connectivity index (χ0) is 12.7. The van der Waals surface area contributed by atoms with Crippen LogP contribution in [0.1, 0.15) is 20.8 Å². The molecule has 1 aromatic carbocycles. The minimum Gasteiger partial charge on any atom is -0.259 e. The van der Waals surface area contributed by atoms with Crippen LogP contribution in [0.5, 0.6) is 0 Å². The lowest BCUT2D eigenvalue weighted by Crippen LogP contribution is -2.24. The van der Waals surface area contributed by atoms with Crippen LogP contribution >= 0.6 is 11.3 Å². The molecule has 0 radical (unpaired) electrons. The normalized spacial score (nSPS) is 13.1. The minimum absolute atomic E-state index is 0.00799. The molecule has 0 bridgehead atoms. The molecular formula is C11H13NO3S2. The number of thiazole rings is 1. The third kappa shape index (κ3) is 2.83. The van der Waals surface area contributed by atoms with E-state index in [9.17, 15) is 8.42 Å². The second-order valence-electron chi connectivity index (χ2n) is 4.60. The summed E-state index contributed by atoms with van der Waals surface area (Å²) in [6.07, 6.45) is 0. The van der Waals surface area contributed by atoms with Crippen molar-refractivity contribution in [2.24, 2.45) is 0 Å². The van der Waals surface area contributed by atoms with Crippen LogP contribution in [0.2, 0.25) is 0 Å². The quantitative estimate of drug-likeness (QED) is 0.788. The zero-order valence-electron chi connectivity index (χ0n) is 9.80. The van der Waals surface area contributed by atoms with E-state index in [1.807, 2.05) is 18.2 Å². The summed E-state index contributed by atoms with van der Waals surface area (Å²) in [4.78, 5) is 4.07. The molecule has 0 atom stereocenters. The second-order valence-corrected chi connectivity index (χ2v) is 7.35. The van der Waals surface area contributed by atoms with Crippen LogP contribution < -0.4 is 0 Å². The van der Waals surface area contributed by atoms with Gasteiger partial charge in [0.05, 0.1) is 15.8 Å². The summed E-state index contributed by atoms with van der Waals surface area (Å²) in [5.74, 6) is 0. The molecule has 0 aliphatic carbocycles.